The molecule has 0 N–H and O–H groups in total. The molecule has 2 amide bonds. The van der Waals surface area contributed by atoms with Gasteiger partial charge in [0.25, 0.3) is 11.8 Å². The highest BCUT2D eigenvalue weighted by atomic mass is 16.5. The molecule has 0 saturated heterocycles. The van der Waals surface area contributed by atoms with Crippen LogP contribution in [0.3, 0.4) is 0 Å². The van der Waals surface area contributed by atoms with E-state index in [4.69, 9.17) is 28.9 Å². The summed E-state index contributed by atoms with van der Waals surface area (Å²) in [6, 6.07) is 26.7. The fourth-order valence-corrected chi connectivity index (χ4v) is 6.87. The molecular formula is C41H36N4O6. The van der Waals surface area contributed by atoms with Gasteiger partial charge in [-0.15, -0.1) is 0 Å². The van der Waals surface area contributed by atoms with Crippen molar-refractivity contribution in [3.05, 3.63) is 120 Å². The monoisotopic (exact) mass is 680 g/mol. The molecule has 0 saturated carbocycles. The molecule has 8 rings (SSSR count). The molecule has 2 atom stereocenters. The van der Waals surface area contributed by atoms with Crippen molar-refractivity contribution in [3.8, 4) is 23.0 Å². The average molecular weight is 681 g/mol. The summed E-state index contributed by atoms with van der Waals surface area (Å²) in [6.07, 6.45) is 9.42. The van der Waals surface area contributed by atoms with Crippen LogP contribution in [0.5, 0.6) is 23.0 Å². The lowest BCUT2D eigenvalue weighted by molar-refractivity contribution is 0.0809. The Morgan fingerprint density at radius 2 is 1.04 bits per heavy atom. The summed E-state index contributed by atoms with van der Waals surface area (Å²) in [4.78, 5) is 40.2. The van der Waals surface area contributed by atoms with Crippen molar-refractivity contribution in [3.63, 3.8) is 0 Å². The Balaban J connectivity index is 0.917. The van der Waals surface area contributed by atoms with Crippen LogP contribution in [0.15, 0.2) is 107 Å². The summed E-state index contributed by atoms with van der Waals surface area (Å²) in [5.41, 5.74) is 6.36. The van der Waals surface area contributed by atoms with Gasteiger partial charge in [0, 0.05) is 56.2 Å². The topological polar surface area (TPSA) is 102 Å². The highest BCUT2D eigenvalue weighted by Gasteiger charge is 2.35. The van der Waals surface area contributed by atoms with Gasteiger partial charge in [-0.1, -0.05) is 60.7 Å². The lowest BCUT2D eigenvalue weighted by atomic mass is 10.0. The van der Waals surface area contributed by atoms with Crippen molar-refractivity contribution in [1.82, 2.24) is 9.80 Å². The Kier molecular flexibility index (Phi) is 8.57. The Morgan fingerprint density at radius 1 is 0.608 bits per heavy atom. The molecule has 4 aromatic carbocycles. The van der Waals surface area contributed by atoms with E-state index in [2.05, 4.69) is 0 Å². The van der Waals surface area contributed by atoms with Crippen LogP contribution >= 0.6 is 0 Å². The second-order valence-electron chi connectivity index (χ2n) is 12.7. The largest absolute Gasteiger partial charge is 0.493 e. The molecule has 0 spiro atoms. The maximum absolute atomic E-state index is 13.7. The third-order valence-corrected chi connectivity index (χ3v) is 9.52. The number of carbonyl (C=O) groups is 2. The number of aliphatic imine (C=N–C) groups is 2. The van der Waals surface area contributed by atoms with E-state index in [1.807, 2.05) is 85.5 Å². The van der Waals surface area contributed by atoms with Gasteiger partial charge in [-0.25, -0.2) is 0 Å². The van der Waals surface area contributed by atoms with Gasteiger partial charge < -0.3 is 28.7 Å². The summed E-state index contributed by atoms with van der Waals surface area (Å²) in [5, 5.41) is 0. The first-order valence-corrected chi connectivity index (χ1v) is 17.0. The van der Waals surface area contributed by atoms with Crippen LogP contribution in [-0.4, -0.2) is 73.6 Å². The number of hydrogen-bond acceptors (Lipinski definition) is 8. The van der Waals surface area contributed by atoms with Gasteiger partial charge in [-0.3, -0.25) is 19.6 Å². The standard InChI is InChI=1S/C41H36N4O6/c1-48-36-18-32-34(42-22-30-16-28(24-44(30)40(32)46)26-10-5-3-6-11-26)20-38(36)50-14-9-15-51-39-21-35-33(19-37(39)49-2)41(47)45-25-29(17-31(45)23-43-35)27-12-7-4-8-13-27/h3-8,10-13,18-25,30-31H,9,14-17H2,1-2H3/t30-,31-/m0/s1. The molecule has 4 aliphatic heterocycles. The van der Waals surface area contributed by atoms with Crippen molar-refractivity contribution in [1.29, 1.82) is 0 Å². The smallest absolute Gasteiger partial charge is 0.260 e. The third-order valence-electron chi connectivity index (χ3n) is 9.52. The first-order chi connectivity index (χ1) is 25.0. The Bertz CT molecular complexity index is 1970. The predicted molar refractivity (Wildman–Crippen MR) is 196 cm³/mol. The molecule has 4 aromatic rings. The van der Waals surface area contributed by atoms with Crippen LogP contribution in [0.4, 0.5) is 11.4 Å². The quantitative estimate of drug-likeness (QED) is 0.161. The summed E-state index contributed by atoms with van der Waals surface area (Å²) in [5.74, 6) is 1.61. The van der Waals surface area contributed by atoms with E-state index in [-0.39, 0.29) is 23.9 Å². The van der Waals surface area contributed by atoms with E-state index in [0.29, 0.717) is 78.0 Å². The number of nitrogens with zero attached hydrogens (tertiary/aromatic N) is 4. The number of amides is 2. The van der Waals surface area contributed by atoms with Crippen molar-refractivity contribution in [2.75, 3.05) is 27.4 Å². The van der Waals surface area contributed by atoms with Crippen molar-refractivity contribution < 1.29 is 28.5 Å². The fraction of sp³-hybridized carbons (Fsp3) is 0.220. The molecule has 0 bridgehead atoms. The maximum atomic E-state index is 13.7. The van der Waals surface area contributed by atoms with Gasteiger partial charge >= 0.3 is 0 Å². The molecular weight excluding hydrogens is 644 g/mol. The highest BCUT2D eigenvalue weighted by molar-refractivity contribution is 6.06. The number of ether oxygens (including phenoxy) is 4. The van der Waals surface area contributed by atoms with E-state index < -0.39 is 0 Å². The number of methoxy groups -OCH3 is 2. The summed E-state index contributed by atoms with van der Waals surface area (Å²) in [6.45, 7) is 0.642. The van der Waals surface area contributed by atoms with Crippen LogP contribution in [0.25, 0.3) is 11.1 Å². The van der Waals surface area contributed by atoms with E-state index in [1.54, 1.807) is 48.3 Å². The normalized spacial score (nSPS) is 18.5. The third kappa shape index (κ3) is 6.14. The summed E-state index contributed by atoms with van der Waals surface area (Å²) < 4.78 is 23.5. The SMILES string of the molecule is COc1cc2c(cc1OCCCOc1cc3c(cc1OC)C(=O)N1C=C(c4ccccc4)C[C@H]1C=N3)N=C[C@@H]1CC(c3ccccc3)=CN1C2=O. The molecule has 0 fully saturated rings. The average Bonchev–Trinajstić information content (AvgIpc) is 3.75. The molecule has 0 aliphatic carbocycles. The van der Waals surface area contributed by atoms with Crippen molar-refractivity contribution in [2.45, 2.75) is 31.3 Å². The summed E-state index contributed by atoms with van der Waals surface area (Å²) >= 11 is 0. The molecule has 0 unspecified atom stereocenters. The Hall–Kier alpha value is -6.16. The molecule has 4 aliphatic rings. The fourth-order valence-electron chi connectivity index (χ4n) is 6.87. The minimum Gasteiger partial charge on any atom is -0.493 e. The van der Waals surface area contributed by atoms with Crippen LogP contribution < -0.4 is 18.9 Å². The highest BCUT2D eigenvalue weighted by Crippen LogP contribution is 2.41. The van der Waals surface area contributed by atoms with E-state index in [1.165, 1.54) is 0 Å². The second-order valence-corrected chi connectivity index (χ2v) is 12.7. The van der Waals surface area contributed by atoms with Gasteiger partial charge in [0.05, 0.1) is 62.0 Å². The molecule has 256 valence electrons. The second kappa shape index (κ2) is 13.6. The lowest BCUT2D eigenvalue weighted by Gasteiger charge is -2.19. The van der Waals surface area contributed by atoms with Gasteiger partial charge in [0.15, 0.2) is 23.0 Å². The summed E-state index contributed by atoms with van der Waals surface area (Å²) in [7, 11) is 3.10. The number of carbonyl (C=O) groups excluding carboxylic acids is 2. The first kappa shape index (κ1) is 32.1. The minimum atomic E-state index is -0.164. The van der Waals surface area contributed by atoms with Gasteiger partial charge in [0.2, 0.25) is 0 Å². The molecule has 51 heavy (non-hydrogen) atoms. The predicted octanol–water partition coefficient (Wildman–Crippen LogP) is 7.49. The van der Waals surface area contributed by atoms with Gasteiger partial charge in [-0.05, 0) is 34.4 Å². The van der Waals surface area contributed by atoms with E-state index >= 15 is 0 Å². The zero-order valence-electron chi connectivity index (χ0n) is 28.3. The molecule has 4 heterocycles. The van der Waals surface area contributed by atoms with E-state index in [0.717, 1.165) is 22.3 Å². The maximum Gasteiger partial charge on any atom is 0.260 e. The first-order valence-electron chi connectivity index (χ1n) is 17.0. The molecule has 0 aromatic heterocycles. The number of fused-ring (bicyclic) bond motifs is 4. The Labute approximate surface area is 295 Å². The molecule has 10 heteroatoms. The number of rotatable bonds is 10. The van der Waals surface area contributed by atoms with Crippen LogP contribution in [0, 0.1) is 0 Å². The van der Waals surface area contributed by atoms with Gasteiger partial charge in [-0.2, -0.15) is 0 Å². The van der Waals surface area contributed by atoms with Crippen LogP contribution in [0.1, 0.15) is 51.1 Å². The molecule has 10 nitrogen and oxygen atoms in total. The van der Waals surface area contributed by atoms with E-state index in [9.17, 15) is 9.59 Å². The van der Waals surface area contributed by atoms with Crippen molar-refractivity contribution >= 4 is 46.8 Å². The van der Waals surface area contributed by atoms with Crippen LogP contribution in [-0.2, 0) is 0 Å². The number of benzene rings is 4. The molecule has 0 radical (unpaired) electrons. The number of hydrogen-bond donors (Lipinski definition) is 0. The minimum absolute atomic E-state index is 0.133. The van der Waals surface area contributed by atoms with Gasteiger partial charge in [0.1, 0.15) is 0 Å². The lowest BCUT2D eigenvalue weighted by Crippen LogP contribution is -2.32. The Morgan fingerprint density at radius 3 is 1.45 bits per heavy atom. The van der Waals surface area contributed by atoms with Crippen LogP contribution in [0.2, 0.25) is 0 Å². The zero-order chi connectivity index (χ0) is 34.9. The zero-order valence-corrected chi connectivity index (χ0v) is 28.3. The van der Waals surface area contributed by atoms with Crippen molar-refractivity contribution in [2.24, 2.45) is 9.98 Å².